The van der Waals surface area contributed by atoms with Crippen molar-refractivity contribution in [2.45, 2.75) is 32.7 Å². The summed E-state index contributed by atoms with van der Waals surface area (Å²) < 4.78 is 5.52. The minimum atomic E-state index is 0.591. The molecule has 0 fully saturated rings. The van der Waals surface area contributed by atoms with E-state index in [1.54, 1.807) is 0 Å². The van der Waals surface area contributed by atoms with Crippen molar-refractivity contribution in [2.75, 3.05) is 13.2 Å². The third-order valence-corrected chi connectivity index (χ3v) is 3.66. The van der Waals surface area contributed by atoms with Crippen LogP contribution in [0.5, 0.6) is 5.75 Å². The Hall–Kier alpha value is -1.80. The van der Waals surface area contributed by atoms with Gasteiger partial charge in [-0.05, 0) is 49.1 Å². The van der Waals surface area contributed by atoms with Gasteiger partial charge < -0.3 is 10.1 Å². The van der Waals surface area contributed by atoms with Gasteiger partial charge in [-0.3, -0.25) is 0 Å². The molecule has 1 atom stereocenters. The molecular weight excluding hydrogens is 258 g/mol. The molecule has 1 N–H and O–H groups in total. The Bertz CT molecular complexity index is 524. The van der Waals surface area contributed by atoms with Crippen LogP contribution in [-0.4, -0.2) is 13.2 Å². The number of rotatable bonds is 8. The lowest BCUT2D eigenvalue weighted by Crippen LogP contribution is -2.16. The Labute approximate surface area is 128 Å². The summed E-state index contributed by atoms with van der Waals surface area (Å²) in [5.74, 6) is 1.54. The van der Waals surface area contributed by atoms with E-state index in [9.17, 15) is 0 Å². The second-order valence-electron chi connectivity index (χ2n) is 5.36. The van der Waals surface area contributed by atoms with Crippen LogP contribution in [0, 0.1) is 0 Å². The largest absolute Gasteiger partial charge is 0.494 e. The van der Waals surface area contributed by atoms with Gasteiger partial charge in [0.2, 0.25) is 0 Å². The SMILES string of the molecule is CCOc1cccc(CNCCC(C)c2ccccc2)c1. The molecule has 2 aromatic carbocycles. The van der Waals surface area contributed by atoms with Crippen LogP contribution in [-0.2, 0) is 6.54 Å². The zero-order valence-electron chi connectivity index (χ0n) is 13.0. The highest BCUT2D eigenvalue weighted by molar-refractivity contribution is 5.28. The first-order chi connectivity index (χ1) is 10.3. The standard InChI is InChI=1S/C19H25NO/c1-3-21-19-11-7-8-17(14-19)15-20-13-12-16(2)18-9-5-4-6-10-18/h4-11,14,16,20H,3,12-13,15H2,1-2H3. The van der Waals surface area contributed by atoms with Crippen molar-refractivity contribution in [1.82, 2.24) is 5.32 Å². The predicted molar refractivity (Wildman–Crippen MR) is 88.8 cm³/mol. The summed E-state index contributed by atoms with van der Waals surface area (Å²) in [5.41, 5.74) is 2.69. The minimum absolute atomic E-state index is 0.591. The van der Waals surface area contributed by atoms with Crippen LogP contribution < -0.4 is 10.1 Å². The normalized spacial score (nSPS) is 12.1. The summed E-state index contributed by atoms with van der Waals surface area (Å²) in [5, 5.41) is 3.52. The molecule has 0 saturated carbocycles. The third kappa shape index (κ3) is 5.24. The van der Waals surface area contributed by atoms with Gasteiger partial charge in [-0.15, -0.1) is 0 Å². The van der Waals surface area contributed by atoms with Gasteiger partial charge in [0.05, 0.1) is 6.61 Å². The molecule has 2 rings (SSSR count). The summed E-state index contributed by atoms with van der Waals surface area (Å²) in [6, 6.07) is 19.0. The number of hydrogen-bond acceptors (Lipinski definition) is 2. The van der Waals surface area contributed by atoms with Gasteiger partial charge in [0.15, 0.2) is 0 Å². The van der Waals surface area contributed by atoms with Crippen molar-refractivity contribution in [1.29, 1.82) is 0 Å². The summed E-state index contributed by atoms with van der Waals surface area (Å²) in [6.45, 7) is 6.92. The molecule has 0 aromatic heterocycles. The molecule has 112 valence electrons. The molecule has 0 bridgehead atoms. The highest BCUT2D eigenvalue weighted by Crippen LogP contribution is 2.18. The van der Waals surface area contributed by atoms with Gasteiger partial charge in [0.25, 0.3) is 0 Å². The van der Waals surface area contributed by atoms with Crippen molar-refractivity contribution < 1.29 is 4.74 Å². The van der Waals surface area contributed by atoms with E-state index in [4.69, 9.17) is 4.74 Å². The second-order valence-corrected chi connectivity index (χ2v) is 5.36. The summed E-state index contributed by atoms with van der Waals surface area (Å²) in [7, 11) is 0. The highest BCUT2D eigenvalue weighted by atomic mass is 16.5. The zero-order chi connectivity index (χ0) is 14.9. The molecule has 0 heterocycles. The van der Waals surface area contributed by atoms with E-state index >= 15 is 0 Å². The lowest BCUT2D eigenvalue weighted by Gasteiger charge is -2.12. The van der Waals surface area contributed by atoms with Crippen molar-refractivity contribution in [2.24, 2.45) is 0 Å². The number of benzene rings is 2. The predicted octanol–water partition coefficient (Wildman–Crippen LogP) is 4.37. The van der Waals surface area contributed by atoms with E-state index in [0.29, 0.717) is 12.5 Å². The maximum Gasteiger partial charge on any atom is 0.119 e. The van der Waals surface area contributed by atoms with E-state index in [0.717, 1.165) is 25.3 Å². The first-order valence-electron chi connectivity index (χ1n) is 7.77. The Morgan fingerprint density at radius 2 is 1.86 bits per heavy atom. The van der Waals surface area contributed by atoms with Crippen LogP contribution in [0.1, 0.15) is 37.3 Å². The number of nitrogens with one attached hydrogen (secondary N) is 1. The monoisotopic (exact) mass is 283 g/mol. The molecule has 0 aliphatic rings. The molecule has 2 nitrogen and oxygen atoms in total. The molecule has 2 aromatic rings. The van der Waals surface area contributed by atoms with Crippen LogP contribution in [0.3, 0.4) is 0 Å². The van der Waals surface area contributed by atoms with Crippen LogP contribution in [0.25, 0.3) is 0 Å². The van der Waals surface area contributed by atoms with Crippen molar-refractivity contribution in [3.05, 3.63) is 65.7 Å². The Balaban J connectivity index is 1.73. The Kier molecular flexibility index (Phi) is 6.29. The molecule has 0 radical (unpaired) electrons. The molecule has 2 heteroatoms. The first kappa shape index (κ1) is 15.6. The molecule has 0 amide bonds. The van der Waals surface area contributed by atoms with E-state index in [2.05, 4.69) is 60.8 Å². The van der Waals surface area contributed by atoms with Crippen LogP contribution in [0.15, 0.2) is 54.6 Å². The van der Waals surface area contributed by atoms with E-state index in [-0.39, 0.29) is 0 Å². The van der Waals surface area contributed by atoms with Gasteiger partial charge in [0.1, 0.15) is 5.75 Å². The Morgan fingerprint density at radius 3 is 2.62 bits per heavy atom. The fraction of sp³-hybridized carbons (Fsp3) is 0.368. The maximum atomic E-state index is 5.52. The fourth-order valence-electron chi connectivity index (χ4n) is 2.41. The molecule has 21 heavy (non-hydrogen) atoms. The molecular formula is C19H25NO. The van der Waals surface area contributed by atoms with E-state index in [1.165, 1.54) is 11.1 Å². The summed E-state index contributed by atoms with van der Waals surface area (Å²) >= 11 is 0. The molecule has 0 aliphatic heterocycles. The smallest absolute Gasteiger partial charge is 0.119 e. The van der Waals surface area contributed by atoms with Crippen molar-refractivity contribution in [3.63, 3.8) is 0 Å². The zero-order valence-corrected chi connectivity index (χ0v) is 13.0. The quantitative estimate of drug-likeness (QED) is 0.726. The minimum Gasteiger partial charge on any atom is -0.494 e. The first-order valence-corrected chi connectivity index (χ1v) is 7.77. The van der Waals surface area contributed by atoms with Gasteiger partial charge >= 0.3 is 0 Å². The third-order valence-electron chi connectivity index (χ3n) is 3.66. The highest BCUT2D eigenvalue weighted by Gasteiger charge is 2.04. The topological polar surface area (TPSA) is 21.3 Å². The molecule has 0 saturated heterocycles. The van der Waals surface area contributed by atoms with Gasteiger partial charge in [-0.25, -0.2) is 0 Å². The van der Waals surface area contributed by atoms with Gasteiger partial charge in [0, 0.05) is 6.54 Å². The number of ether oxygens (including phenoxy) is 1. The maximum absolute atomic E-state index is 5.52. The Morgan fingerprint density at radius 1 is 1.05 bits per heavy atom. The summed E-state index contributed by atoms with van der Waals surface area (Å²) in [6.07, 6.45) is 1.15. The molecule has 0 spiro atoms. The van der Waals surface area contributed by atoms with Crippen molar-refractivity contribution >= 4 is 0 Å². The van der Waals surface area contributed by atoms with Crippen molar-refractivity contribution in [3.8, 4) is 5.75 Å². The van der Waals surface area contributed by atoms with Gasteiger partial charge in [-0.1, -0.05) is 49.4 Å². The van der Waals surface area contributed by atoms with Gasteiger partial charge in [-0.2, -0.15) is 0 Å². The number of hydrogen-bond donors (Lipinski definition) is 1. The van der Waals surface area contributed by atoms with E-state index in [1.807, 2.05) is 13.0 Å². The van der Waals surface area contributed by atoms with Crippen LogP contribution >= 0.6 is 0 Å². The lowest BCUT2D eigenvalue weighted by molar-refractivity contribution is 0.340. The average molecular weight is 283 g/mol. The average Bonchev–Trinajstić information content (AvgIpc) is 2.53. The van der Waals surface area contributed by atoms with Crippen LogP contribution in [0.2, 0.25) is 0 Å². The molecule has 0 aliphatic carbocycles. The van der Waals surface area contributed by atoms with E-state index < -0.39 is 0 Å². The summed E-state index contributed by atoms with van der Waals surface area (Å²) in [4.78, 5) is 0. The lowest BCUT2D eigenvalue weighted by atomic mass is 9.98. The molecule has 1 unspecified atom stereocenters. The van der Waals surface area contributed by atoms with Crippen LogP contribution in [0.4, 0.5) is 0 Å². The second kappa shape index (κ2) is 8.48. The fourth-order valence-corrected chi connectivity index (χ4v) is 2.41.